The zero-order valence-corrected chi connectivity index (χ0v) is 18.2. The van der Waals surface area contributed by atoms with Gasteiger partial charge in [-0.1, -0.05) is 12.1 Å². The van der Waals surface area contributed by atoms with Gasteiger partial charge < -0.3 is 44.5 Å². The Bertz CT molecular complexity index is 1230. The second-order valence-corrected chi connectivity index (χ2v) is 8.27. The Morgan fingerprint density at radius 2 is 1.56 bits per heavy atom. The summed E-state index contributed by atoms with van der Waals surface area (Å²) < 4.78 is 23.3. The van der Waals surface area contributed by atoms with E-state index < -0.39 is 24.4 Å². The third-order valence-corrected chi connectivity index (χ3v) is 6.07. The summed E-state index contributed by atoms with van der Waals surface area (Å²) in [4.78, 5) is 0. The van der Waals surface area contributed by atoms with Crippen molar-refractivity contribution < 1.29 is 44.5 Å². The molecule has 0 spiro atoms. The van der Waals surface area contributed by atoms with E-state index in [9.17, 15) is 25.5 Å². The minimum atomic E-state index is -0.951. The molecule has 2 aliphatic rings. The van der Waals surface area contributed by atoms with E-state index in [0.717, 1.165) is 0 Å². The molecule has 0 amide bonds. The normalized spacial score (nSPS) is 23.0. The predicted octanol–water partition coefficient (Wildman–Crippen LogP) is 2.72. The van der Waals surface area contributed by atoms with Gasteiger partial charge in [-0.25, -0.2) is 0 Å². The van der Waals surface area contributed by atoms with Gasteiger partial charge >= 0.3 is 0 Å². The van der Waals surface area contributed by atoms with Crippen LogP contribution in [0.2, 0.25) is 0 Å². The second kappa shape index (κ2) is 8.51. The van der Waals surface area contributed by atoms with Crippen molar-refractivity contribution in [3.05, 3.63) is 65.2 Å². The molecule has 2 heterocycles. The van der Waals surface area contributed by atoms with Crippen LogP contribution >= 0.6 is 0 Å². The van der Waals surface area contributed by atoms with E-state index >= 15 is 0 Å². The summed E-state index contributed by atoms with van der Waals surface area (Å²) in [5.41, 5.74) is 1.66. The number of methoxy groups -OCH3 is 1. The Balaban J connectivity index is 1.46. The average molecular weight is 468 g/mol. The van der Waals surface area contributed by atoms with Crippen LogP contribution in [0.5, 0.6) is 40.2 Å². The minimum absolute atomic E-state index is 0.0213. The van der Waals surface area contributed by atoms with Gasteiger partial charge in [0.05, 0.1) is 19.8 Å². The number of aromatic hydroxyl groups is 3. The molecule has 5 N–H and O–H groups in total. The molecule has 0 fully saturated rings. The summed E-state index contributed by atoms with van der Waals surface area (Å²) in [7, 11) is 1.44. The average Bonchev–Trinajstić information content (AvgIpc) is 2.83. The first-order chi connectivity index (χ1) is 16.4. The predicted molar refractivity (Wildman–Crippen MR) is 119 cm³/mol. The number of aliphatic hydroxyl groups is 2. The largest absolute Gasteiger partial charge is 0.508 e. The van der Waals surface area contributed by atoms with Crippen molar-refractivity contribution in [1.82, 2.24) is 0 Å². The second-order valence-electron chi connectivity index (χ2n) is 8.27. The van der Waals surface area contributed by atoms with E-state index in [2.05, 4.69) is 0 Å². The molecular weight excluding hydrogens is 444 g/mol. The number of hydrogen-bond donors (Lipinski definition) is 5. The van der Waals surface area contributed by atoms with Crippen LogP contribution in [-0.4, -0.2) is 51.5 Å². The molecule has 4 atom stereocenters. The van der Waals surface area contributed by atoms with Crippen molar-refractivity contribution in [2.45, 2.75) is 30.8 Å². The van der Waals surface area contributed by atoms with Crippen LogP contribution in [-0.2, 0) is 6.42 Å². The van der Waals surface area contributed by atoms with Crippen molar-refractivity contribution in [2.24, 2.45) is 0 Å². The van der Waals surface area contributed by atoms with Gasteiger partial charge in [0.2, 0.25) is 0 Å². The summed E-state index contributed by atoms with van der Waals surface area (Å²) >= 11 is 0. The molecule has 0 saturated carbocycles. The molecule has 2 aliphatic heterocycles. The van der Waals surface area contributed by atoms with E-state index in [-0.39, 0.29) is 41.8 Å². The smallest absolute Gasteiger partial charge is 0.163 e. The van der Waals surface area contributed by atoms with Crippen LogP contribution in [0.25, 0.3) is 0 Å². The number of rotatable bonds is 4. The van der Waals surface area contributed by atoms with Crippen LogP contribution < -0.4 is 18.9 Å². The van der Waals surface area contributed by atoms with Gasteiger partial charge in [-0.2, -0.15) is 0 Å². The van der Waals surface area contributed by atoms with Gasteiger partial charge in [0.15, 0.2) is 35.2 Å². The van der Waals surface area contributed by atoms with Crippen LogP contribution in [0.3, 0.4) is 0 Å². The maximum Gasteiger partial charge on any atom is 0.163 e. The first kappa shape index (κ1) is 22.0. The number of phenolic OH excluding ortho intramolecular Hbond substituents is 3. The fraction of sp³-hybridized carbons (Fsp3) is 0.280. The number of fused-ring (bicyclic) bond motifs is 2. The van der Waals surface area contributed by atoms with Gasteiger partial charge in [0.1, 0.15) is 23.4 Å². The highest BCUT2D eigenvalue weighted by Gasteiger charge is 2.36. The van der Waals surface area contributed by atoms with Crippen LogP contribution in [0, 0.1) is 0 Å². The van der Waals surface area contributed by atoms with Crippen molar-refractivity contribution in [3.8, 4) is 40.2 Å². The monoisotopic (exact) mass is 468 g/mol. The van der Waals surface area contributed by atoms with E-state index in [1.165, 1.54) is 25.3 Å². The van der Waals surface area contributed by atoms with E-state index in [1.54, 1.807) is 30.3 Å². The fourth-order valence-corrected chi connectivity index (χ4v) is 4.36. The fourth-order valence-electron chi connectivity index (χ4n) is 4.36. The first-order valence-corrected chi connectivity index (χ1v) is 10.7. The number of aliphatic hydroxyl groups excluding tert-OH is 2. The quantitative estimate of drug-likeness (QED) is 0.391. The molecule has 0 radical (unpaired) electrons. The maximum absolute atomic E-state index is 10.7. The Hall–Kier alpha value is -3.82. The molecule has 9 heteroatoms. The Labute approximate surface area is 195 Å². The molecule has 0 unspecified atom stereocenters. The SMILES string of the molecule is COc1cc([C@H]2Oc3cc([C@H]4Oc5cc(O)cc(O)c5C[C@@H]4O)ccc3O[C@@H]2CO)ccc1O. The Morgan fingerprint density at radius 3 is 2.32 bits per heavy atom. The van der Waals surface area contributed by atoms with Gasteiger partial charge in [-0.15, -0.1) is 0 Å². The lowest BCUT2D eigenvalue weighted by Gasteiger charge is -2.35. The zero-order chi connectivity index (χ0) is 24.0. The lowest BCUT2D eigenvalue weighted by Crippen LogP contribution is -2.36. The molecule has 0 aliphatic carbocycles. The molecular formula is C25H24O9. The summed E-state index contributed by atoms with van der Waals surface area (Å²) in [6, 6.07) is 12.4. The molecule has 0 bridgehead atoms. The highest BCUT2D eigenvalue weighted by atomic mass is 16.6. The number of benzene rings is 3. The molecule has 3 aromatic rings. The Kier molecular flexibility index (Phi) is 5.51. The van der Waals surface area contributed by atoms with Gasteiger partial charge in [-0.05, 0) is 29.8 Å². The molecule has 9 nitrogen and oxygen atoms in total. The number of hydrogen-bond acceptors (Lipinski definition) is 9. The number of phenols is 3. The molecule has 0 aromatic heterocycles. The first-order valence-electron chi connectivity index (χ1n) is 10.7. The van der Waals surface area contributed by atoms with Crippen molar-refractivity contribution in [1.29, 1.82) is 0 Å². The maximum atomic E-state index is 10.7. The lowest BCUT2D eigenvalue weighted by atomic mass is 9.93. The topological polar surface area (TPSA) is 138 Å². The van der Waals surface area contributed by atoms with Gasteiger partial charge in [0.25, 0.3) is 0 Å². The standard InChI is InChI=1S/C25H24O9/c1-31-21-6-13(2-4-16(21)28)25-23(11-26)32-19-5-3-12(7-22(19)34-25)24-18(30)10-15-17(29)8-14(27)9-20(15)33-24/h2-9,18,23-30H,10-11H2,1H3/t18-,23+,24+,25+/m0/s1. The van der Waals surface area contributed by atoms with Crippen molar-refractivity contribution in [2.75, 3.05) is 13.7 Å². The number of ether oxygens (including phenoxy) is 4. The van der Waals surface area contributed by atoms with Gasteiger partial charge in [-0.3, -0.25) is 0 Å². The van der Waals surface area contributed by atoms with Crippen LogP contribution in [0.4, 0.5) is 0 Å². The molecule has 3 aromatic carbocycles. The molecule has 178 valence electrons. The van der Waals surface area contributed by atoms with E-state index in [0.29, 0.717) is 28.2 Å². The van der Waals surface area contributed by atoms with E-state index in [4.69, 9.17) is 18.9 Å². The highest BCUT2D eigenvalue weighted by Crippen LogP contribution is 2.45. The summed E-state index contributed by atoms with van der Waals surface area (Å²) in [5.74, 6) is 1.06. The Morgan fingerprint density at radius 1 is 0.824 bits per heavy atom. The summed E-state index contributed by atoms with van der Waals surface area (Å²) in [6.45, 7) is -0.302. The summed E-state index contributed by atoms with van der Waals surface area (Å²) in [5, 5.41) is 50.4. The lowest BCUT2D eigenvalue weighted by molar-refractivity contribution is -0.0133. The van der Waals surface area contributed by atoms with E-state index in [1.807, 2.05) is 0 Å². The molecule has 34 heavy (non-hydrogen) atoms. The van der Waals surface area contributed by atoms with Crippen molar-refractivity contribution in [3.63, 3.8) is 0 Å². The zero-order valence-electron chi connectivity index (χ0n) is 18.2. The highest BCUT2D eigenvalue weighted by molar-refractivity contribution is 5.53. The third-order valence-electron chi connectivity index (χ3n) is 6.07. The van der Waals surface area contributed by atoms with Gasteiger partial charge in [0, 0.05) is 29.7 Å². The third kappa shape index (κ3) is 3.78. The van der Waals surface area contributed by atoms with Crippen molar-refractivity contribution >= 4 is 0 Å². The van der Waals surface area contributed by atoms with Crippen LogP contribution in [0.1, 0.15) is 28.9 Å². The summed E-state index contributed by atoms with van der Waals surface area (Å²) in [6.07, 6.45) is -2.96. The molecule has 5 rings (SSSR count). The minimum Gasteiger partial charge on any atom is -0.508 e. The van der Waals surface area contributed by atoms with Crippen LogP contribution in [0.15, 0.2) is 48.5 Å². The molecule has 0 saturated heterocycles.